The highest BCUT2D eigenvalue weighted by atomic mass is 32.1. The zero-order chi connectivity index (χ0) is 15.7. The first-order chi connectivity index (χ1) is 11.4. The highest BCUT2D eigenvalue weighted by molar-refractivity contribution is 7.09. The van der Waals surface area contributed by atoms with Gasteiger partial charge in [-0.3, -0.25) is 5.43 Å². The van der Waals surface area contributed by atoms with Crippen LogP contribution in [0.4, 0.5) is 5.69 Å². The van der Waals surface area contributed by atoms with Gasteiger partial charge in [-0.05, 0) is 34.7 Å². The van der Waals surface area contributed by atoms with Gasteiger partial charge in [0.25, 0.3) is 0 Å². The van der Waals surface area contributed by atoms with E-state index in [1.54, 1.807) is 11.3 Å². The third-order valence-electron chi connectivity index (χ3n) is 3.37. The van der Waals surface area contributed by atoms with Crippen molar-refractivity contribution in [3.8, 4) is 0 Å². The van der Waals surface area contributed by atoms with Crippen LogP contribution >= 0.6 is 11.3 Å². The number of hydrazone groups is 1. The first-order valence-electron chi connectivity index (χ1n) is 7.56. The topological polar surface area (TPSA) is 36.4 Å². The Kier molecular flexibility index (Phi) is 5.56. The molecule has 116 valence electrons. The molecule has 0 unspecified atom stereocenters. The van der Waals surface area contributed by atoms with Crippen LogP contribution in [0.3, 0.4) is 0 Å². The fourth-order valence-corrected chi connectivity index (χ4v) is 2.84. The number of thiophene rings is 1. The molecular formula is C19H19N3S. The summed E-state index contributed by atoms with van der Waals surface area (Å²) in [5.74, 6) is 0. The number of rotatable bonds is 7. The predicted molar refractivity (Wildman–Crippen MR) is 99.0 cm³/mol. The predicted octanol–water partition coefficient (Wildman–Crippen LogP) is 4.48. The second kappa shape index (κ2) is 8.27. The minimum absolute atomic E-state index is 0.867. The van der Waals surface area contributed by atoms with Crippen molar-refractivity contribution in [2.75, 3.05) is 5.43 Å². The molecule has 0 fully saturated rings. The molecule has 3 nitrogen and oxygen atoms in total. The first kappa shape index (κ1) is 15.5. The Morgan fingerprint density at radius 1 is 0.870 bits per heavy atom. The second-order valence-electron chi connectivity index (χ2n) is 5.16. The van der Waals surface area contributed by atoms with E-state index in [4.69, 9.17) is 0 Å². The number of hydrogen-bond acceptors (Lipinski definition) is 4. The number of nitrogens with one attached hydrogen (secondary N) is 2. The average Bonchev–Trinajstić information content (AvgIpc) is 3.11. The summed E-state index contributed by atoms with van der Waals surface area (Å²) in [5.41, 5.74) is 6.38. The van der Waals surface area contributed by atoms with Crippen LogP contribution < -0.4 is 10.7 Å². The summed E-state index contributed by atoms with van der Waals surface area (Å²) in [7, 11) is 0. The van der Waals surface area contributed by atoms with Crippen LogP contribution in [0.15, 0.2) is 77.2 Å². The van der Waals surface area contributed by atoms with Crippen molar-refractivity contribution in [3.05, 3.63) is 88.1 Å². The summed E-state index contributed by atoms with van der Waals surface area (Å²) in [6.07, 6.45) is 1.82. The molecule has 0 spiro atoms. The van der Waals surface area contributed by atoms with Gasteiger partial charge in [0.2, 0.25) is 0 Å². The van der Waals surface area contributed by atoms with E-state index in [9.17, 15) is 0 Å². The van der Waals surface area contributed by atoms with Crippen molar-refractivity contribution in [1.29, 1.82) is 0 Å². The van der Waals surface area contributed by atoms with Crippen LogP contribution in [0.5, 0.6) is 0 Å². The maximum atomic E-state index is 4.25. The Labute approximate surface area is 140 Å². The molecule has 0 saturated heterocycles. The van der Waals surface area contributed by atoms with E-state index in [-0.39, 0.29) is 0 Å². The van der Waals surface area contributed by atoms with Gasteiger partial charge in [-0.1, -0.05) is 48.5 Å². The molecule has 0 amide bonds. The quantitative estimate of drug-likeness (QED) is 0.497. The van der Waals surface area contributed by atoms with E-state index < -0.39 is 0 Å². The van der Waals surface area contributed by atoms with Crippen molar-refractivity contribution in [3.63, 3.8) is 0 Å². The van der Waals surface area contributed by atoms with Crippen molar-refractivity contribution in [2.45, 2.75) is 13.1 Å². The van der Waals surface area contributed by atoms with E-state index >= 15 is 0 Å². The normalized spacial score (nSPS) is 11.0. The van der Waals surface area contributed by atoms with Crippen molar-refractivity contribution in [1.82, 2.24) is 5.32 Å². The Bertz CT molecular complexity index is 719. The first-order valence-corrected chi connectivity index (χ1v) is 8.44. The van der Waals surface area contributed by atoms with Gasteiger partial charge in [0.05, 0.1) is 11.9 Å². The van der Waals surface area contributed by atoms with Crippen molar-refractivity contribution >= 4 is 23.2 Å². The van der Waals surface area contributed by atoms with Crippen LogP contribution in [0.2, 0.25) is 0 Å². The van der Waals surface area contributed by atoms with E-state index in [1.165, 1.54) is 10.4 Å². The fourth-order valence-electron chi connectivity index (χ4n) is 2.16. The number of nitrogens with zero attached hydrogens (tertiary/aromatic N) is 1. The number of anilines is 1. The molecule has 0 bridgehead atoms. The Hall–Kier alpha value is -2.43. The molecule has 23 heavy (non-hydrogen) atoms. The zero-order valence-corrected chi connectivity index (χ0v) is 13.6. The van der Waals surface area contributed by atoms with E-state index in [0.29, 0.717) is 0 Å². The molecule has 0 aliphatic carbocycles. The van der Waals surface area contributed by atoms with Crippen LogP contribution in [0.25, 0.3) is 0 Å². The molecular weight excluding hydrogens is 302 g/mol. The lowest BCUT2D eigenvalue weighted by atomic mass is 10.2. The smallest absolute Gasteiger partial charge is 0.0562 e. The Balaban J connectivity index is 1.46. The van der Waals surface area contributed by atoms with E-state index in [1.807, 2.05) is 48.7 Å². The fraction of sp³-hybridized carbons (Fsp3) is 0.105. The third-order valence-corrected chi connectivity index (χ3v) is 4.25. The van der Waals surface area contributed by atoms with Crippen molar-refractivity contribution in [2.24, 2.45) is 5.10 Å². The van der Waals surface area contributed by atoms with Gasteiger partial charge in [0, 0.05) is 18.0 Å². The summed E-state index contributed by atoms with van der Waals surface area (Å²) in [5, 5.41) is 9.80. The highest BCUT2D eigenvalue weighted by Gasteiger charge is 1.96. The van der Waals surface area contributed by atoms with Gasteiger partial charge in [-0.2, -0.15) is 5.10 Å². The lowest BCUT2D eigenvalue weighted by Crippen LogP contribution is -2.11. The molecule has 2 aromatic carbocycles. The second-order valence-corrected chi connectivity index (χ2v) is 6.19. The van der Waals surface area contributed by atoms with Crippen LogP contribution in [0, 0.1) is 0 Å². The van der Waals surface area contributed by atoms with Gasteiger partial charge >= 0.3 is 0 Å². The van der Waals surface area contributed by atoms with Crippen LogP contribution in [0.1, 0.15) is 16.0 Å². The molecule has 1 heterocycles. The Morgan fingerprint density at radius 3 is 2.43 bits per heavy atom. The van der Waals surface area contributed by atoms with Gasteiger partial charge in [-0.15, -0.1) is 11.3 Å². The molecule has 0 aliphatic heterocycles. The summed E-state index contributed by atoms with van der Waals surface area (Å²) in [4.78, 5) is 1.36. The van der Waals surface area contributed by atoms with E-state index in [0.717, 1.165) is 24.3 Å². The molecule has 3 aromatic rings. The monoisotopic (exact) mass is 321 g/mol. The summed E-state index contributed by atoms with van der Waals surface area (Å²) in [6.45, 7) is 1.78. The molecule has 0 aliphatic rings. The molecule has 0 atom stereocenters. The maximum Gasteiger partial charge on any atom is 0.0562 e. The Morgan fingerprint density at radius 2 is 1.70 bits per heavy atom. The van der Waals surface area contributed by atoms with Crippen molar-refractivity contribution < 1.29 is 0 Å². The molecule has 2 N–H and O–H groups in total. The molecule has 0 radical (unpaired) electrons. The SMILES string of the molecule is C(=N\Nc1ccc(CNCc2cccs2)cc1)/c1ccccc1. The summed E-state index contributed by atoms with van der Waals surface area (Å²) < 4.78 is 0. The largest absolute Gasteiger partial charge is 0.308 e. The zero-order valence-electron chi connectivity index (χ0n) is 12.8. The average molecular weight is 321 g/mol. The van der Waals surface area contributed by atoms with Gasteiger partial charge in [-0.25, -0.2) is 0 Å². The third kappa shape index (κ3) is 5.06. The van der Waals surface area contributed by atoms with Gasteiger partial charge < -0.3 is 5.32 Å². The van der Waals surface area contributed by atoms with Gasteiger partial charge in [0.1, 0.15) is 0 Å². The van der Waals surface area contributed by atoms with Crippen LogP contribution in [-0.4, -0.2) is 6.21 Å². The van der Waals surface area contributed by atoms with Gasteiger partial charge in [0.15, 0.2) is 0 Å². The summed E-state index contributed by atoms with van der Waals surface area (Å²) in [6, 6.07) is 22.6. The standard InChI is InChI=1S/C19H19N3S/c1-2-5-16(6-3-1)14-21-22-18-10-8-17(9-11-18)13-20-15-19-7-4-12-23-19/h1-12,14,20,22H,13,15H2/b21-14+. The number of benzene rings is 2. The van der Waals surface area contributed by atoms with Crippen LogP contribution in [-0.2, 0) is 13.1 Å². The lowest BCUT2D eigenvalue weighted by molar-refractivity contribution is 0.701. The number of hydrogen-bond donors (Lipinski definition) is 2. The molecule has 1 aromatic heterocycles. The lowest BCUT2D eigenvalue weighted by Gasteiger charge is -2.05. The minimum Gasteiger partial charge on any atom is -0.308 e. The minimum atomic E-state index is 0.867. The molecule has 4 heteroatoms. The van der Waals surface area contributed by atoms with E-state index in [2.05, 4.69) is 45.5 Å². The maximum absolute atomic E-state index is 4.25. The summed E-state index contributed by atoms with van der Waals surface area (Å²) >= 11 is 1.78. The highest BCUT2D eigenvalue weighted by Crippen LogP contribution is 2.11. The molecule has 0 saturated carbocycles. The molecule has 3 rings (SSSR count).